The Balaban J connectivity index is 1.73. The van der Waals surface area contributed by atoms with Crippen molar-refractivity contribution in [2.75, 3.05) is 11.1 Å². The summed E-state index contributed by atoms with van der Waals surface area (Å²) in [5, 5.41) is 9.58. The molecule has 0 saturated carbocycles. The van der Waals surface area contributed by atoms with E-state index in [0.29, 0.717) is 18.0 Å². The topological polar surface area (TPSA) is 57.8 Å². The third-order valence-electron chi connectivity index (χ3n) is 2.69. The number of nitrogens with zero attached hydrogens (tertiary/aromatic N) is 1. The number of nitrogens with one attached hydrogen (secondary N) is 2. The largest absolute Gasteiger partial charge is 0.309 e. The number of carbonyl (C=O) groups is 1. The lowest BCUT2D eigenvalue weighted by molar-refractivity contribution is -0.115. The molecule has 0 radical (unpaired) electrons. The molecule has 0 spiro atoms. The number of hydrogen-bond acceptors (Lipinski definition) is 3. The van der Waals surface area contributed by atoms with Gasteiger partial charge in [0.25, 0.3) is 0 Å². The Hall–Kier alpha value is -1.82. The van der Waals surface area contributed by atoms with Crippen LogP contribution in [0.3, 0.4) is 0 Å². The van der Waals surface area contributed by atoms with E-state index in [4.69, 9.17) is 0 Å². The molecule has 2 rings (SSSR count). The lowest BCUT2D eigenvalue weighted by Crippen LogP contribution is -2.12. The number of benzene rings is 1. The highest BCUT2D eigenvalue weighted by Gasteiger charge is 2.05. The summed E-state index contributed by atoms with van der Waals surface area (Å²) in [4.78, 5) is 12.7. The van der Waals surface area contributed by atoms with Crippen LogP contribution in [0, 0.1) is 5.82 Å². The second kappa shape index (κ2) is 7.09. The maximum atomic E-state index is 12.7. The van der Waals surface area contributed by atoms with E-state index in [1.807, 2.05) is 13.0 Å². The lowest BCUT2D eigenvalue weighted by atomic mass is 10.3. The molecule has 0 aliphatic carbocycles. The van der Waals surface area contributed by atoms with Gasteiger partial charge in [0.15, 0.2) is 5.82 Å². The van der Waals surface area contributed by atoms with Crippen LogP contribution in [0.2, 0.25) is 0 Å². The zero-order chi connectivity index (χ0) is 14.4. The fourth-order valence-electron chi connectivity index (χ4n) is 1.60. The molecule has 1 heterocycles. The summed E-state index contributed by atoms with van der Waals surface area (Å²) in [6, 6.07) is 8.07. The molecule has 0 atom stereocenters. The first-order valence-electron chi connectivity index (χ1n) is 6.40. The molecule has 0 aliphatic rings. The van der Waals surface area contributed by atoms with Crippen molar-refractivity contribution in [3.05, 3.63) is 41.8 Å². The van der Waals surface area contributed by atoms with Gasteiger partial charge in [-0.1, -0.05) is 6.92 Å². The molecule has 1 amide bonds. The smallest absolute Gasteiger partial charge is 0.226 e. The Labute approximate surface area is 121 Å². The van der Waals surface area contributed by atoms with E-state index < -0.39 is 0 Å². The zero-order valence-corrected chi connectivity index (χ0v) is 12.0. The molecule has 2 aromatic rings. The summed E-state index contributed by atoms with van der Waals surface area (Å²) >= 11 is 1.52. The monoisotopic (exact) mass is 293 g/mol. The number of amides is 1. The molecule has 0 fully saturated rings. The van der Waals surface area contributed by atoms with Crippen molar-refractivity contribution >= 4 is 23.5 Å². The molecule has 6 heteroatoms. The molecular formula is C14H16FN3OS. The minimum atomic E-state index is -0.252. The SMILES string of the molecule is CCc1cc(NC(=O)CCSc2ccc(F)cc2)n[nH]1. The standard InChI is InChI=1S/C14H16FN3OS/c1-2-11-9-13(18-17-11)16-14(19)7-8-20-12-5-3-10(15)4-6-12/h3-6,9H,2,7-8H2,1H3,(H2,16,17,18,19). The van der Waals surface area contributed by atoms with Crippen LogP contribution >= 0.6 is 11.8 Å². The lowest BCUT2D eigenvalue weighted by Gasteiger charge is -2.02. The fourth-order valence-corrected chi connectivity index (χ4v) is 2.46. The summed E-state index contributed by atoms with van der Waals surface area (Å²) in [7, 11) is 0. The van der Waals surface area contributed by atoms with Gasteiger partial charge in [-0.15, -0.1) is 11.8 Å². The van der Waals surface area contributed by atoms with Crippen LogP contribution in [0.25, 0.3) is 0 Å². The first kappa shape index (κ1) is 14.6. The maximum Gasteiger partial charge on any atom is 0.226 e. The van der Waals surface area contributed by atoms with E-state index >= 15 is 0 Å². The molecule has 0 unspecified atom stereocenters. The van der Waals surface area contributed by atoms with E-state index in [2.05, 4.69) is 15.5 Å². The number of halogens is 1. The van der Waals surface area contributed by atoms with Crippen molar-refractivity contribution in [2.45, 2.75) is 24.7 Å². The van der Waals surface area contributed by atoms with E-state index in [1.54, 1.807) is 12.1 Å². The predicted molar refractivity (Wildman–Crippen MR) is 78.3 cm³/mol. The Kier molecular flexibility index (Phi) is 5.17. The van der Waals surface area contributed by atoms with Crippen molar-refractivity contribution in [2.24, 2.45) is 0 Å². The van der Waals surface area contributed by atoms with Gasteiger partial charge in [-0.3, -0.25) is 9.89 Å². The minimum absolute atomic E-state index is 0.0752. The van der Waals surface area contributed by atoms with Crippen LogP contribution in [0.1, 0.15) is 19.0 Å². The first-order chi connectivity index (χ1) is 9.67. The molecule has 0 aliphatic heterocycles. The highest BCUT2D eigenvalue weighted by molar-refractivity contribution is 7.99. The number of aromatic amines is 1. The zero-order valence-electron chi connectivity index (χ0n) is 11.1. The van der Waals surface area contributed by atoms with Crippen LogP contribution in [-0.4, -0.2) is 21.9 Å². The van der Waals surface area contributed by atoms with Crippen LogP contribution in [0.15, 0.2) is 35.2 Å². The summed E-state index contributed by atoms with van der Waals surface area (Å²) in [6.45, 7) is 2.01. The number of aryl methyl sites for hydroxylation is 1. The second-order valence-electron chi connectivity index (χ2n) is 4.23. The molecule has 1 aromatic carbocycles. The van der Waals surface area contributed by atoms with Crippen molar-refractivity contribution in [1.29, 1.82) is 0 Å². The molecule has 4 nitrogen and oxygen atoms in total. The summed E-state index contributed by atoms with van der Waals surface area (Å²) in [6.07, 6.45) is 1.24. The molecule has 0 bridgehead atoms. The fraction of sp³-hybridized carbons (Fsp3) is 0.286. The molecule has 20 heavy (non-hydrogen) atoms. The van der Waals surface area contributed by atoms with Gasteiger partial charge in [0.1, 0.15) is 5.82 Å². The van der Waals surface area contributed by atoms with Crippen LogP contribution < -0.4 is 5.32 Å². The Morgan fingerprint density at radius 1 is 1.40 bits per heavy atom. The number of rotatable bonds is 6. The molecule has 0 saturated heterocycles. The van der Waals surface area contributed by atoms with Crippen molar-refractivity contribution < 1.29 is 9.18 Å². The summed E-state index contributed by atoms with van der Waals surface area (Å²) in [5.74, 6) is 0.868. The normalized spacial score (nSPS) is 10.5. The number of aromatic nitrogens is 2. The van der Waals surface area contributed by atoms with E-state index in [0.717, 1.165) is 17.0 Å². The quantitative estimate of drug-likeness (QED) is 0.804. The van der Waals surface area contributed by atoms with Gasteiger partial charge in [0, 0.05) is 28.8 Å². The van der Waals surface area contributed by atoms with Gasteiger partial charge < -0.3 is 5.32 Å². The van der Waals surface area contributed by atoms with E-state index in [-0.39, 0.29) is 11.7 Å². The van der Waals surface area contributed by atoms with Gasteiger partial charge in [-0.25, -0.2) is 4.39 Å². The molecule has 1 aromatic heterocycles. The average molecular weight is 293 g/mol. The van der Waals surface area contributed by atoms with Gasteiger partial charge in [-0.2, -0.15) is 5.10 Å². The van der Waals surface area contributed by atoms with Crippen LogP contribution in [0.4, 0.5) is 10.2 Å². The second-order valence-corrected chi connectivity index (χ2v) is 5.40. The number of thioether (sulfide) groups is 1. The summed E-state index contributed by atoms with van der Waals surface area (Å²) < 4.78 is 12.7. The van der Waals surface area contributed by atoms with Gasteiger partial charge in [-0.05, 0) is 30.7 Å². The maximum absolute atomic E-state index is 12.7. The van der Waals surface area contributed by atoms with Crippen LogP contribution in [0.5, 0.6) is 0 Å². The summed E-state index contributed by atoms with van der Waals surface area (Å²) in [5.41, 5.74) is 0.987. The van der Waals surface area contributed by atoms with Gasteiger partial charge >= 0.3 is 0 Å². The third kappa shape index (κ3) is 4.38. The van der Waals surface area contributed by atoms with Gasteiger partial charge in [0.2, 0.25) is 5.91 Å². The molecular weight excluding hydrogens is 277 g/mol. The van der Waals surface area contributed by atoms with Gasteiger partial charge in [0.05, 0.1) is 0 Å². The molecule has 2 N–H and O–H groups in total. The number of anilines is 1. The first-order valence-corrected chi connectivity index (χ1v) is 7.38. The Bertz CT molecular complexity index is 568. The highest BCUT2D eigenvalue weighted by Crippen LogP contribution is 2.19. The van der Waals surface area contributed by atoms with E-state index in [9.17, 15) is 9.18 Å². The molecule has 106 valence electrons. The number of hydrogen-bond donors (Lipinski definition) is 2. The van der Waals surface area contributed by atoms with Crippen molar-refractivity contribution in [1.82, 2.24) is 10.2 Å². The van der Waals surface area contributed by atoms with E-state index in [1.165, 1.54) is 23.9 Å². The average Bonchev–Trinajstić information content (AvgIpc) is 2.88. The number of carbonyl (C=O) groups excluding carboxylic acids is 1. The predicted octanol–water partition coefficient (Wildman–Crippen LogP) is 3.23. The van der Waals surface area contributed by atoms with Crippen LogP contribution in [-0.2, 0) is 11.2 Å². The third-order valence-corrected chi connectivity index (χ3v) is 3.70. The van der Waals surface area contributed by atoms with Crippen molar-refractivity contribution in [3.8, 4) is 0 Å². The highest BCUT2D eigenvalue weighted by atomic mass is 32.2. The Morgan fingerprint density at radius 2 is 2.15 bits per heavy atom. The Morgan fingerprint density at radius 3 is 2.80 bits per heavy atom. The minimum Gasteiger partial charge on any atom is -0.309 e. The number of H-pyrrole nitrogens is 1. The van der Waals surface area contributed by atoms with Crippen molar-refractivity contribution in [3.63, 3.8) is 0 Å².